The Morgan fingerprint density at radius 3 is 2.16 bits per heavy atom. The molecule has 1 aliphatic rings. The summed E-state index contributed by atoms with van der Waals surface area (Å²) < 4.78 is 54.6. The summed E-state index contributed by atoms with van der Waals surface area (Å²) in [5.41, 5.74) is 2.55. The molecule has 0 unspecified atom stereocenters. The molecule has 0 amide bonds. The summed E-state index contributed by atoms with van der Waals surface area (Å²) in [7, 11) is 5.43. The van der Waals surface area contributed by atoms with Crippen LogP contribution in [0.3, 0.4) is 0 Å². The number of hydrogen-bond acceptors (Lipinski definition) is 2. The predicted molar refractivity (Wildman–Crippen MR) is 120 cm³/mol. The molecule has 0 bridgehead atoms. The van der Waals surface area contributed by atoms with Gasteiger partial charge in [-0.15, -0.1) is 0 Å². The molecule has 0 N–H and O–H groups in total. The van der Waals surface area contributed by atoms with Crippen molar-refractivity contribution in [2.75, 3.05) is 13.2 Å². The molecule has 1 saturated heterocycles. The lowest BCUT2D eigenvalue weighted by atomic mass is 9.93. The van der Waals surface area contributed by atoms with Crippen LogP contribution in [0.25, 0.3) is 22.3 Å². The minimum Gasteiger partial charge on any atom is -0.348 e. The van der Waals surface area contributed by atoms with Gasteiger partial charge in [0, 0.05) is 17.0 Å². The monoisotopic (exact) mass is 434 g/mol. The maximum Gasteiger partial charge on any atom is 0.186 e. The summed E-state index contributed by atoms with van der Waals surface area (Å²) in [5, 5.41) is 0. The summed E-state index contributed by atoms with van der Waals surface area (Å²) in [5.74, 6) is -2.12. The van der Waals surface area contributed by atoms with E-state index >= 15 is 0 Å². The third-order valence-corrected chi connectivity index (χ3v) is 5.55. The van der Waals surface area contributed by atoms with Crippen molar-refractivity contribution in [3.05, 3.63) is 95.3 Å². The third-order valence-electron chi connectivity index (χ3n) is 5.55. The maximum absolute atomic E-state index is 14.8. The smallest absolute Gasteiger partial charge is 0.186 e. The lowest BCUT2D eigenvalue weighted by molar-refractivity contribution is -0.198. The van der Waals surface area contributed by atoms with Crippen molar-refractivity contribution in [1.29, 1.82) is 0 Å². The SMILES string of the molecule is [B]Cc1ccc(-c2ccc(-c3ccc(C4OCC(/C=C/C)CO4)c(F)c3)cc2)c(F)c1F. The van der Waals surface area contributed by atoms with Gasteiger partial charge < -0.3 is 9.47 Å². The van der Waals surface area contributed by atoms with Crippen LogP contribution < -0.4 is 0 Å². The maximum atomic E-state index is 14.8. The molecule has 0 aromatic heterocycles. The van der Waals surface area contributed by atoms with E-state index in [-0.39, 0.29) is 23.4 Å². The zero-order valence-corrected chi connectivity index (χ0v) is 17.7. The van der Waals surface area contributed by atoms with Gasteiger partial charge in [-0.25, -0.2) is 13.2 Å². The molecule has 162 valence electrons. The average molecular weight is 434 g/mol. The van der Waals surface area contributed by atoms with Crippen molar-refractivity contribution in [3.8, 4) is 22.3 Å². The average Bonchev–Trinajstić information content (AvgIpc) is 2.82. The Kier molecular flexibility index (Phi) is 6.82. The van der Waals surface area contributed by atoms with Crippen molar-refractivity contribution in [3.63, 3.8) is 0 Å². The zero-order chi connectivity index (χ0) is 22.7. The van der Waals surface area contributed by atoms with Crippen molar-refractivity contribution < 1.29 is 22.6 Å². The Hall–Kier alpha value is -2.83. The van der Waals surface area contributed by atoms with E-state index in [2.05, 4.69) is 0 Å². The molecule has 1 aliphatic heterocycles. The van der Waals surface area contributed by atoms with Crippen LogP contribution in [0, 0.1) is 23.4 Å². The summed E-state index contributed by atoms with van der Waals surface area (Å²) in [4.78, 5) is 0. The largest absolute Gasteiger partial charge is 0.348 e. The van der Waals surface area contributed by atoms with Crippen LogP contribution in [0.1, 0.15) is 24.3 Å². The highest BCUT2D eigenvalue weighted by Crippen LogP contribution is 2.32. The van der Waals surface area contributed by atoms with Crippen LogP contribution in [0.15, 0.2) is 66.7 Å². The van der Waals surface area contributed by atoms with Crippen molar-refractivity contribution in [2.24, 2.45) is 5.92 Å². The Morgan fingerprint density at radius 2 is 1.53 bits per heavy atom. The summed E-state index contributed by atoms with van der Waals surface area (Å²) >= 11 is 0. The fourth-order valence-electron chi connectivity index (χ4n) is 3.79. The minimum absolute atomic E-state index is 0.0726. The van der Waals surface area contributed by atoms with Gasteiger partial charge in [-0.1, -0.05) is 67.0 Å². The quantitative estimate of drug-likeness (QED) is 0.345. The van der Waals surface area contributed by atoms with Gasteiger partial charge in [0.1, 0.15) is 5.82 Å². The summed E-state index contributed by atoms with van der Waals surface area (Å²) in [6.45, 7) is 2.88. The van der Waals surface area contributed by atoms with E-state index in [1.54, 1.807) is 36.4 Å². The normalized spacial score (nSPS) is 18.9. The molecule has 0 aliphatic carbocycles. The van der Waals surface area contributed by atoms with E-state index in [1.165, 1.54) is 18.2 Å². The van der Waals surface area contributed by atoms with E-state index in [1.807, 2.05) is 19.1 Å². The second-order valence-electron chi connectivity index (χ2n) is 7.70. The highest BCUT2D eigenvalue weighted by atomic mass is 19.2. The highest BCUT2D eigenvalue weighted by Gasteiger charge is 2.24. The topological polar surface area (TPSA) is 18.5 Å². The van der Waals surface area contributed by atoms with E-state index in [0.717, 1.165) is 5.56 Å². The van der Waals surface area contributed by atoms with Crippen LogP contribution in [-0.2, 0) is 15.8 Å². The van der Waals surface area contributed by atoms with Gasteiger partial charge in [0.15, 0.2) is 17.9 Å². The molecular formula is C26H22BF3O2. The molecule has 3 aromatic rings. The molecule has 6 heteroatoms. The number of benzene rings is 3. The number of hydrogen-bond donors (Lipinski definition) is 0. The number of rotatable bonds is 5. The molecule has 0 spiro atoms. The van der Waals surface area contributed by atoms with E-state index in [0.29, 0.717) is 29.9 Å². The van der Waals surface area contributed by atoms with E-state index < -0.39 is 23.7 Å². The molecule has 0 atom stereocenters. The lowest BCUT2D eigenvalue weighted by Gasteiger charge is -2.28. The Balaban J connectivity index is 1.53. The Morgan fingerprint density at radius 1 is 0.875 bits per heavy atom. The molecule has 1 heterocycles. The van der Waals surface area contributed by atoms with Crippen LogP contribution >= 0.6 is 0 Å². The van der Waals surface area contributed by atoms with Crippen molar-refractivity contribution in [1.82, 2.24) is 0 Å². The number of ether oxygens (including phenoxy) is 2. The molecule has 0 saturated carbocycles. The van der Waals surface area contributed by atoms with Gasteiger partial charge in [0.05, 0.1) is 21.1 Å². The third kappa shape index (κ3) is 4.52. The molecule has 2 nitrogen and oxygen atoms in total. The molecule has 3 aromatic carbocycles. The second kappa shape index (κ2) is 9.76. The van der Waals surface area contributed by atoms with Crippen molar-refractivity contribution >= 4 is 7.85 Å². The summed E-state index contributed by atoms with van der Waals surface area (Å²) in [6, 6.07) is 14.7. The van der Waals surface area contributed by atoms with Gasteiger partial charge in [-0.05, 0) is 35.2 Å². The van der Waals surface area contributed by atoms with Gasteiger partial charge >= 0.3 is 0 Å². The van der Waals surface area contributed by atoms with Crippen LogP contribution in [0.4, 0.5) is 13.2 Å². The van der Waals surface area contributed by atoms with Gasteiger partial charge in [0.25, 0.3) is 0 Å². The minimum atomic E-state index is -0.934. The van der Waals surface area contributed by atoms with Gasteiger partial charge in [-0.3, -0.25) is 0 Å². The standard InChI is InChI=1S/C26H22BF3O2/c1-2-3-16-14-31-26(32-15-16)22-11-8-19(12-23(22)28)17-4-6-18(7-5-17)21-10-9-20(13-27)24(29)25(21)30/h2-12,16,26H,13-15H2,1H3/b3-2+. The zero-order valence-electron chi connectivity index (χ0n) is 17.7. The van der Waals surface area contributed by atoms with Crippen LogP contribution in [0.2, 0.25) is 0 Å². The Labute approximate surface area is 187 Å². The lowest BCUT2D eigenvalue weighted by Crippen LogP contribution is -2.26. The molecular weight excluding hydrogens is 412 g/mol. The fraction of sp³-hybridized carbons (Fsp3) is 0.231. The first-order valence-corrected chi connectivity index (χ1v) is 10.4. The Bertz CT molecular complexity index is 1120. The fourth-order valence-corrected chi connectivity index (χ4v) is 3.79. The first-order chi connectivity index (χ1) is 15.5. The molecule has 4 rings (SSSR count). The van der Waals surface area contributed by atoms with Crippen LogP contribution in [-0.4, -0.2) is 21.1 Å². The van der Waals surface area contributed by atoms with E-state index in [4.69, 9.17) is 17.3 Å². The second-order valence-corrected chi connectivity index (χ2v) is 7.70. The number of halogens is 3. The van der Waals surface area contributed by atoms with Crippen molar-refractivity contribution in [2.45, 2.75) is 19.5 Å². The van der Waals surface area contributed by atoms with Gasteiger partial charge in [-0.2, -0.15) is 0 Å². The predicted octanol–water partition coefficient (Wildman–Crippen LogP) is 6.34. The molecule has 32 heavy (non-hydrogen) atoms. The van der Waals surface area contributed by atoms with Crippen LogP contribution in [0.5, 0.6) is 0 Å². The number of allylic oxidation sites excluding steroid dienone is 1. The summed E-state index contributed by atoms with van der Waals surface area (Å²) in [6.07, 6.45) is 3.14. The molecule has 2 radical (unpaired) electrons. The molecule has 1 fully saturated rings. The first kappa shape index (κ1) is 22.4. The first-order valence-electron chi connectivity index (χ1n) is 10.4. The van der Waals surface area contributed by atoms with E-state index in [9.17, 15) is 13.2 Å². The van der Waals surface area contributed by atoms with Gasteiger partial charge in [0.2, 0.25) is 0 Å². The highest BCUT2D eigenvalue weighted by molar-refractivity contribution is 6.08.